The Labute approximate surface area is 99.4 Å². The molecule has 3 nitrogen and oxygen atoms in total. The van der Waals surface area contributed by atoms with Gasteiger partial charge < -0.3 is 10.6 Å². The third kappa shape index (κ3) is 2.97. The number of nitrogens with two attached hydrogens (primary N) is 1. The van der Waals surface area contributed by atoms with Crippen molar-refractivity contribution in [2.24, 2.45) is 11.7 Å². The Hall–Kier alpha value is -0.570. The molecule has 94 valence electrons. The first-order valence-electron chi connectivity index (χ1n) is 6.67. The van der Waals surface area contributed by atoms with Crippen molar-refractivity contribution in [3.8, 4) is 0 Å². The van der Waals surface area contributed by atoms with Crippen LogP contribution in [-0.4, -0.2) is 29.4 Å². The van der Waals surface area contributed by atoms with Crippen LogP contribution in [0, 0.1) is 5.92 Å². The van der Waals surface area contributed by atoms with Crippen LogP contribution < -0.4 is 5.73 Å². The molecule has 0 radical (unpaired) electrons. The lowest BCUT2D eigenvalue weighted by molar-refractivity contribution is -0.135. The predicted octanol–water partition coefficient (Wildman–Crippen LogP) is 2.15. The lowest BCUT2D eigenvalue weighted by atomic mass is 9.98. The molecule has 0 saturated heterocycles. The monoisotopic (exact) mass is 226 g/mol. The molecule has 0 aliphatic heterocycles. The van der Waals surface area contributed by atoms with Crippen LogP contribution in [0.15, 0.2) is 0 Å². The average molecular weight is 226 g/mol. The van der Waals surface area contributed by atoms with Crippen molar-refractivity contribution in [1.82, 2.24) is 4.90 Å². The van der Waals surface area contributed by atoms with Gasteiger partial charge in [0, 0.05) is 12.6 Å². The fraction of sp³-hybridized carbons (Fsp3) is 0.923. The SMILES string of the molecule is CCC(C)C(N)C(=O)N(CC)C1CCCC1. The topological polar surface area (TPSA) is 46.3 Å². The Bertz CT molecular complexity index is 224. The minimum atomic E-state index is -0.314. The second-order valence-electron chi connectivity index (χ2n) is 4.97. The summed E-state index contributed by atoms with van der Waals surface area (Å²) < 4.78 is 0. The zero-order chi connectivity index (χ0) is 12.1. The molecule has 0 heterocycles. The predicted molar refractivity (Wildman–Crippen MR) is 67.1 cm³/mol. The van der Waals surface area contributed by atoms with E-state index in [2.05, 4.69) is 20.8 Å². The molecule has 0 aromatic heterocycles. The Balaban J connectivity index is 2.61. The Morgan fingerprint density at radius 3 is 2.38 bits per heavy atom. The lowest BCUT2D eigenvalue weighted by Crippen LogP contribution is -2.50. The molecule has 2 atom stereocenters. The van der Waals surface area contributed by atoms with Crippen molar-refractivity contribution >= 4 is 5.91 Å². The number of nitrogens with zero attached hydrogens (tertiary/aromatic N) is 1. The highest BCUT2D eigenvalue weighted by Gasteiger charge is 2.30. The number of amides is 1. The van der Waals surface area contributed by atoms with E-state index in [0.29, 0.717) is 6.04 Å². The molecular weight excluding hydrogens is 200 g/mol. The van der Waals surface area contributed by atoms with Gasteiger partial charge in [-0.05, 0) is 25.7 Å². The maximum atomic E-state index is 12.3. The van der Waals surface area contributed by atoms with Crippen LogP contribution in [0.5, 0.6) is 0 Å². The first kappa shape index (κ1) is 13.5. The summed E-state index contributed by atoms with van der Waals surface area (Å²) in [7, 11) is 0. The van der Waals surface area contributed by atoms with E-state index in [1.54, 1.807) is 0 Å². The smallest absolute Gasteiger partial charge is 0.239 e. The molecule has 0 spiro atoms. The quantitative estimate of drug-likeness (QED) is 0.780. The van der Waals surface area contributed by atoms with E-state index in [0.717, 1.165) is 25.8 Å². The molecule has 0 aromatic carbocycles. The number of hydrogen-bond donors (Lipinski definition) is 1. The molecule has 3 heteroatoms. The molecule has 1 fully saturated rings. The minimum Gasteiger partial charge on any atom is -0.339 e. The van der Waals surface area contributed by atoms with E-state index >= 15 is 0 Å². The van der Waals surface area contributed by atoms with Crippen LogP contribution >= 0.6 is 0 Å². The highest BCUT2D eigenvalue weighted by atomic mass is 16.2. The summed E-state index contributed by atoms with van der Waals surface area (Å²) in [6.45, 7) is 7.00. The van der Waals surface area contributed by atoms with Gasteiger partial charge in [-0.15, -0.1) is 0 Å². The van der Waals surface area contributed by atoms with Crippen molar-refractivity contribution in [2.75, 3.05) is 6.54 Å². The summed E-state index contributed by atoms with van der Waals surface area (Å²) in [5, 5.41) is 0. The van der Waals surface area contributed by atoms with Crippen LogP contribution in [0.2, 0.25) is 0 Å². The molecule has 1 aliphatic rings. The lowest BCUT2D eigenvalue weighted by Gasteiger charge is -2.31. The summed E-state index contributed by atoms with van der Waals surface area (Å²) >= 11 is 0. The summed E-state index contributed by atoms with van der Waals surface area (Å²) in [5.74, 6) is 0.437. The molecule has 0 bridgehead atoms. The zero-order valence-electron chi connectivity index (χ0n) is 10.9. The van der Waals surface area contributed by atoms with E-state index in [1.165, 1.54) is 12.8 Å². The minimum absolute atomic E-state index is 0.156. The first-order valence-corrected chi connectivity index (χ1v) is 6.67. The molecule has 2 N–H and O–H groups in total. The molecule has 1 saturated carbocycles. The second kappa shape index (κ2) is 6.24. The maximum absolute atomic E-state index is 12.3. The van der Waals surface area contributed by atoms with Crippen LogP contribution in [0.1, 0.15) is 52.9 Å². The number of hydrogen-bond acceptors (Lipinski definition) is 2. The van der Waals surface area contributed by atoms with E-state index in [-0.39, 0.29) is 17.9 Å². The fourth-order valence-electron chi connectivity index (χ4n) is 2.50. The van der Waals surface area contributed by atoms with Gasteiger partial charge in [-0.1, -0.05) is 33.1 Å². The fourth-order valence-corrected chi connectivity index (χ4v) is 2.50. The van der Waals surface area contributed by atoms with Crippen LogP contribution in [-0.2, 0) is 4.79 Å². The number of carbonyl (C=O) groups is 1. The third-order valence-corrected chi connectivity index (χ3v) is 3.93. The standard InChI is InChI=1S/C13H26N2O/c1-4-10(3)12(14)13(16)15(5-2)11-8-6-7-9-11/h10-12H,4-9,14H2,1-3H3. The summed E-state index contributed by atoms with van der Waals surface area (Å²) in [6.07, 6.45) is 5.80. The van der Waals surface area contributed by atoms with Crippen molar-refractivity contribution in [3.63, 3.8) is 0 Å². The van der Waals surface area contributed by atoms with Crippen LogP contribution in [0.3, 0.4) is 0 Å². The van der Waals surface area contributed by atoms with E-state index in [9.17, 15) is 4.79 Å². The van der Waals surface area contributed by atoms with Crippen LogP contribution in [0.4, 0.5) is 0 Å². The Morgan fingerprint density at radius 2 is 1.94 bits per heavy atom. The van der Waals surface area contributed by atoms with Crippen molar-refractivity contribution < 1.29 is 4.79 Å². The first-order chi connectivity index (χ1) is 7.61. The van der Waals surface area contributed by atoms with Gasteiger partial charge >= 0.3 is 0 Å². The van der Waals surface area contributed by atoms with Gasteiger partial charge in [0.05, 0.1) is 6.04 Å². The van der Waals surface area contributed by atoms with Gasteiger partial charge in [0.2, 0.25) is 5.91 Å². The summed E-state index contributed by atoms with van der Waals surface area (Å²) in [4.78, 5) is 14.3. The van der Waals surface area contributed by atoms with E-state index in [4.69, 9.17) is 5.73 Å². The van der Waals surface area contributed by atoms with E-state index < -0.39 is 0 Å². The van der Waals surface area contributed by atoms with Crippen molar-refractivity contribution in [3.05, 3.63) is 0 Å². The highest BCUT2D eigenvalue weighted by molar-refractivity contribution is 5.82. The average Bonchev–Trinajstić information content (AvgIpc) is 2.81. The largest absolute Gasteiger partial charge is 0.339 e. The molecule has 2 unspecified atom stereocenters. The maximum Gasteiger partial charge on any atom is 0.239 e. The molecule has 1 amide bonds. The van der Waals surface area contributed by atoms with Gasteiger partial charge in [0.25, 0.3) is 0 Å². The van der Waals surface area contributed by atoms with Gasteiger partial charge in [-0.2, -0.15) is 0 Å². The normalized spacial score (nSPS) is 20.8. The highest BCUT2D eigenvalue weighted by Crippen LogP contribution is 2.24. The number of carbonyl (C=O) groups excluding carboxylic acids is 1. The Morgan fingerprint density at radius 1 is 1.38 bits per heavy atom. The molecular formula is C13H26N2O. The summed E-state index contributed by atoms with van der Waals surface area (Å²) in [5.41, 5.74) is 6.02. The second-order valence-corrected chi connectivity index (χ2v) is 4.97. The van der Waals surface area contributed by atoms with E-state index in [1.807, 2.05) is 4.90 Å². The van der Waals surface area contributed by atoms with Gasteiger partial charge in [0.15, 0.2) is 0 Å². The number of rotatable bonds is 5. The van der Waals surface area contributed by atoms with Crippen molar-refractivity contribution in [1.29, 1.82) is 0 Å². The zero-order valence-corrected chi connectivity index (χ0v) is 10.9. The van der Waals surface area contributed by atoms with Crippen molar-refractivity contribution in [2.45, 2.75) is 65.0 Å². The molecule has 1 aliphatic carbocycles. The van der Waals surface area contributed by atoms with Gasteiger partial charge in [0.1, 0.15) is 0 Å². The number of likely N-dealkylation sites (N-methyl/N-ethyl adjacent to an activating group) is 1. The third-order valence-electron chi connectivity index (χ3n) is 3.93. The van der Waals surface area contributed by atoms with Gasteiger partial charge in [-0.25, -0.2) is 0 Å². The van der Waals surface area contributed by atoms with Gasteiger partial charge in [-0.3, -0.25) is 4.79 Å². The summed E-state index contributed by atoms with van der Waals surface area (Å²) in [6, 6.07) is 0.137. The Kier molecular flexibility index (Phi) is 5.26. The molecule has 16 heavy (non-hydrogen) atoms. The van der Waals surface area contributed by atoms with Crippen LogP contribution in [0.25, 0.3) is 0 Å². The molecule has 0 aromatic rings. The molecule has 1 rings (SSSR count).